The number of carbonyl (C=O) groups excluding carboxylic acids is 2. The zero-order chi connectivity index (χ0) is 22.0. The molecular formula is C23H28N4O3. The Morgan fingerprint density at radius 1 is 1.10 bits per heavy atom. The van der Waals surface area contributed by atoms with E-state index in [4.69, 9.17) is 4.74 Å². The largest absolute Gasteiger partial charge is 0.457 e. The van der Waals surface area contributed by atoms with Gasteiger partial charge in [-0.2, -0.15) is 10.1 Å². The first-order valence-corrected chi connectivity index (χ1v) is 10.2. The van der Waals surface area contributed by atoms with E-state index in [1.807, 2.05) is 26.0 Å². The van der Waals surface area contributed by atoms with Crippen LogP contribution in [0.15, 0.2) is 24.5 Å². The molecule has 2 heterocycles. The van der Waals surface area contributed by atoms with Crippen LogP contribution in [0.5, 0.6) is 0 Å². The lowest BCUT2D eigenvalue weighted by Crippen LogP contribution is -2.19. The van der Waals surface area contributed by atoms with Crippen LogP contribution in [0.2, 0.25) is 0 Å². The molecule has 0 N–H and O–H groups in total. The van der Waals surface area contributed by atoms with Crippen LogP contribution in [0, 0.1) is 13.8 Å². The van der Waals surface area contributed by atoms with Crippen LogP contribution in [0.4, 0.5) is 0 Å². The molecule has 7 heteroatoms. The Kier molecular flexibility index (Phi) is 6.29. The zero-order valence-corrected chi connectivity index (χ0v) is 18.4. The summed E-state index contributed by atoms with van der Waals surface area (Å²) in [5.41, 5.74) is 4.99. The smallest absolute Gasteiger partial charge is 0.310 e. The Morgan fingerprint density at radius 3 is 2.50 bits per heavy atom. The second kappa shape index (κ2) is 8.73. The van der Waals surface area contributed by atoms with Gasteiger partial charge >= 0.3 is 5.97 Å². The van der Waals surface area contributed by atoms with Crippen LogP contribution in [-0.4, -0.2) is 37.9 Å². The van der Waals surface area contributed by atoms with Crippen LogP contribution < -0.4 is 0 Å². The van der Waals surface area contributed by atoms with Crippen molar-refractivity contribution in [3.8, 4) is 0 Å². The SMILES string of the molecule is Cc1nc2ncnn2c(C)c1CC(=O)OCC(=O)c1ccc(C(C)C)cc1C(C)C. The summed E-state index contributed by atoms with van der Waals surface area (Å²) in [6.45, 7) is 11.8. The number of ether oxygens (including phenoxy) is 1. The number of aromatic nitrogens is 4. The molecule has 0 fully saturated rings. The molecule has 0 aliphatic heterocycles. The molecule has 0 atom stereocenters. The minimum absolute atomic E-state index is 0.0249. The number of nitrogens with zero attached hydrogens (tertiary/aromatic N) is 4. The van der Waals surface area contributed by atoms with E-state index in [1.165, 1.54) is 11.9 Å². The van der Waals surface area contributed by atoms with E-state index < -0.39 is 5.97 Å². The molecule has 0 spiro atoms. The second-order valence-electron chi connectivity index (χ2n) is 8.15. The number of benzene rings is 1. The van der Waals surface area contributed by atoms with E-state index in [0.717, 1.165) is 16.8 Å². The number of carbonyl (C=O) groups is 2. The summed E-state index contributed by atoms with van der Waals surface area (Å²) in [6, 6.07) is 5.89. The predicted molar refractivity (Wildman–Crippen MR) is 114 cm³/mol. The molecule has 0 amide bonds. The quantitative estimate of drug-likeness (QED) is 0.434. The molecule has 30 heavy (non-hydrogen) atoms. The minimum atomic E-state index is -0.472. The Hall–Kier alpha value is -3.09. The summed E-state index contributed by atoms with van der Waals surface area (Å²) in [5.74, 6) is 0.403. The maximum absolute atomic E-state index is 12.8. The molecule has 1 aromatic carbocycles. The fraction of sp³-hybridized carbons (Fsp3) is 0.435. The molecule has 158 valence electrons. The Labute approximate surface area is 176 Å². The van der Waals surface area contributed by atoms with E-state index >= 15 is 0 Å². The molecule has 0 aliphatic rings. The first-order chi connectivity index (χ1) is 14.2. The van der Waals surface area contributed by atoms with Gasteiger partial charge in [-0.05, 0) is 36.8 Å². The highest BCUT2D eigenvalue weighted by Crippen LogP contribution is 2.25. The molecule has 3 rings (SSSR count). The highest BCUT2D eigenvalue weighted by molar-refractivity contribution is 5.99. The van der Waals surface area contributed by atoms with Crippen molar-refractivity contribution in [3.63, 3.8) is 0 Å². The minimum Gasteiger partial charge on any atom is -0.457 e. The summed E-state index contributed by atoms with van der Waals surface area (Å²) in [4.78, 5) is 33.6. The van der Waals surface area contributed by atoms with E-state index in [-0.39, 0.29) is 24.7 Å². The topological polar surface area (TPSA) is 86.4 Å². The number of fused-ring (bicyclic) bond motifs is 1. The van der Waals surface area contributed by atoms with Gasteiger partial charge in [0, 0.05) is 22.5 Å². The summed E-state index contributed by atoms with van der Waals surface area (Å²) >= 11 is 0. The third kappa shape index (κ3) is 4.40. The number of Topliss-reactive ketones (excluding diaryl/α,β-unsaturated/α-hetero) is 1. The molecule has 0 unspecified atom stereocenters. The third-order valence-corrected chi connectivity index (χ3v) is 5.34. The van der Waals surface area contributed by atoms with Crippen molar-refractivity contribution in [3.05, 3.63) is 58.2 Å². The molecule has 0 bridgehead atoms. The molecule has 2 aromatic heterocycles. The average molecular weight is 409 g/mol. The highest BCUT2D eigenvalue weighted by Gasteiger charge is 2.19. The van der Waals surface area contributed by atoms with Crippen molar-refractivity contribution in [1.29, 1.82) is 0 Å². The lowest BCUT2D eigenvalue weighted by Gasteiger charge is -2.16. The lowest BCUT2D eigenvalue weighted by atomic mass is 9.90. The van der Waals surface area contributed by atoms with Crippen molar-refractivity contribution in [2.75, 3.05) is 6.61 Å². The first-order valence-electron chi connectivity index (χ1n) is 10.2. The maximum atomic E-state index is 12.8. The number of esters is 1. The molecule has 0 saturated heterocycles. The zero-order valence-electron chi connectivity index (χ0n) is 18.4. The number of hydrogen-bond acceptors (Lipinski definition) is 6. The molecule has 0 aliphatic carbocycles. The fourth-order valence-corrected chi connectivity index (χ4v) is 3.50. The van der Waals surface area contributed by atoms with Gasteiger partial charge in [-0.1, -0.05) is 45.9 Å². The number of rotatable bonds is 7. The summed E-state index contributed by atoms with van der Waals surface area (Å²) in [5, 5.41) is 4.12. The number of ketones is 1. The number of aryl methyl sites for hydroxylation is 2. The summed E-state index contributed by atoms with van der Waals surface area (Å²) < 4.78 is 6.91. The standard InChI is InChI=1S/C23H28N4O3/c1-13(2)17-7-8-18(19(9-17)14(3)4)21(28)11-30-22(29)10-20-15(5)26-23-24-12-25-27(23)16(20)6/h7-9,12-14H,10-11H2,1-6H3. The Balaban J connectivity index is 1.72. The van der Waals surface area contributed by atoms with Gasteiger partial charge in [-0.25, -0.2) is 9.50 Å². The van der Waals surface area contributed by atoms with Crippen LogP contribution in [-0.2, 0) is 16.0 Å². The van der Waals surface area contributed by atoms with Gasteiger partial charge < -0.3 is 4.74 Å². The van der Waals surface area contributed by atoms with Gasteiger partial charge in [0.25, 0.3) is 5.78 Å². The van der Waals surface area contributed by atoms with Crippen molar-refractivity contribution in [2.24, 2.45) is 0 Å². The van der Waals surface area contributed by atoms with E-state index in [1.54, 1.807) is 4.52 Å². The number of hydrogen-bond donors (Lipinski definition) is 0. The predicted octanol–water partition coefficient (Wildman–Crippen LogP) is 3.96. The molecule has 7 nitrogen and oxygen atoms in total. The van der Waals surface area contributed by atoms with Crippen molar-refractivity contribution >= 4 is 17.5 Å². The normalized spacial score (nSPS) is 11.5. The average Bonchev–Trinajstić information content (AvgIpc) is 3.17. The summed E-state index contributed by atoms with van der Waals surface area (Å²) in [7, 11) is 0. The van der Waals surface area contributed by atoms with Crippen molar-refractivity contribution in [1.82, 2.24) is 19.6 Å². The van der Waals surface area contributed by atoms with Crippen molar-refractivity contribution in [2.45, 2.75) is 59.8 Å². The van der Waals surface area contributed by atoms with Gasteiger partial charge in [0.2, 0.25) is 5.78 Å². The first kappa shape index (κ1) is 21.6. The van der Waals surface area contributed by atoms with Gasteiger partial charge in [0.1, 0.15) is 6.33 Å². The van der Waals surface area contributed by atoms with Crippen LogP contribution in [0.1, 0.15) is 78.0 Å². The summed E-state index contributed by atoms with van der Waals surface area (Å²) in [6.07, 6.45) is 1.45. The van der Waals surface area contributed by atoms with Gasteiger partial charge in [0.15, 0.2) is 6.61 Å². The molecule has 0 radical (unpaired) electrons. The van der Waals surface area contributed by atoms with E-state index in [9.17, 15) is 9.59 Å². The van der Waals surface area contributed by atoms with Crippen LogP contribution >= 0.6 is 0 Å². The second-order valence-corrected chi connectivity index (χ2v) is 8.15. The molecular weight excluding hydrogens is 380 g/mol. The van der Waals surface area contributed by atoms with Crippen molar-refractivity contribution < 1.29 is 14.3 Å². The molecule has 0 saturated carbocycles. The van der Waals surface area contributed by atoms with E-state index in [2.05, 4.69) is 48.8 Å². The Bertz CT molecular complexity index is 1100. The highest BCUT2D eigenvalue weighted by atomic mass is 16.5. The monoisotopic (exact) mass is 408 g/mol. The van der Waals surface area contributed by atoms with Gasteiger partial charge in [0.05, 0.1) is 6.42 Å². The Morgan fingerprint density at radius 2 is 1.83 bits per heavy atom. The third-order valence-electron chi connectivity index (χ3n) is 5.34. The van der Waals surface area contributed by atoms with E-state index in [0.29, 0.717) is 23.0 Å². The van der Waals surface area contributed by atoms with Crippen LogP contribution in [0.25, 0.3) is 5.78 Å². The van der Waals surface area contributed by atoms with Gasteiger partial charge in [-0.3, -0.25) is 9.59 Å². The maximum Gasteiger partial charge on any atom is 0.310 e. The lowest BCUT2D eigenvalue weighted by molar-refractivity contribution is -0.141. The fourth-order valence-electron chi connectivity index (χ4n) is 3.50. The van der Waals surface area contributed by atoms with Gasteiger partial charge in [-0.15, -0.1) is 0 Å². The van der Waals surface area contributed by atoms with Crippen LogP contribution in [0.3, 0.4) is 0 Å². The molecule has 3 aromatic rings.